The summed E-state index contributed by atoms with van der Waals surface area (Å²) in [7, 11) is 0. The first-order valence-corrected chi connectivity index (χ1v) is 10.9. The summed E-state index contributed by atoms with van der Waals surface area (Å²) in [5.41, 5.74) is 0.885. The molecule has 1 aliphatic carbocycles. The molecule has 0 saturated heterocycles. The highest BCUT2D eigenvalue weighted by Crippen LogP contribution is 2.20. The molecular formula is C23H26Cl2N2O3. The maximum absolute atomic E-state index is 13.0. The number of rotatable bonds is 8. The Balaban J connectivity index is 1.70. The van der Waals surface area contributed by atoms with Gasteiger partial charge in [0.15, 0.2) is 6.61 Å². The number of halogens is 2. The Bertz CT molecular complexity index is 867. The molecule has 1 N–H and O–H groups in total. The number of benzene rings is 2. The lowest BCUT2D eigenvalue weighted by atomic mass is 10.1. The molecule has 1 atom stereocenters. The second-order valence-electron chi connectivity index (χ2n) is 7.56. The minimum Gasteiger partial charge on any atom is -0.484 e. The summed E-state index contributed by atoms with van der Waals surface area (Å²) in [6.07, 6.45) is 4.23. The van der Waals surface area contributed by atoms with E-state index >= 15 is 0 Å². The van der Waals surface area contributed by atoms with E-state index in [1.807, 2.05) is 12.1 Å². The SMILES string of the molecule is C[C@H](C(=O)NC1CCCC1)N(Cc1ccc(Cl)cc1)C(=O)COc1cccc(Cl)c1. The normalized spacial score (nSPS) is 14.9. The van der Waals surface area contributed by atoms with Crippen molar-refractivity contribution in [1.29, 1.82) is 0 Å². The van der Waals surface area contributed by atoms with E-state index in [9.17, 15) is 9.59 Å². The van der Waals surface area contributed by atoms with E-state index in [4.69, 9.17) is 27.9 Å². The molecule has 1 saturated carbocycles. The molecular weight excluding hydrogens is 423 g/mol. The largest absolute Gasteiger partial charge is 0.484 e. The number of amides is 2. The Hall–Kier alpha value is -2.24. The van der Waals surface area contributed by atoms with Gasteiger partial charge < -0.3 is 15.0 Å². The molecule has 2 amide bonds. The van der Waals surface area contributed by atoms with Crippen molar-refractivity contribution in [2.24, 2.45) is 0 Å². The van der Waals surface area contributed by atoms with Gasteiger partial charge in [0.25, 0.3) is 5.91 Å². The zero-order valence-electron chi connectivity index (χ0n) is 16.9. The van der Waals surface area contributed by atoms with E-state index in [2.05, 4.69) is 5.32 Å². The van der Waals surface area contributed by atoms with E-state index in [0.717, 1.165) is 31.2 Å². The smallest absolute Gasteiger partial charge is 0.261 e. The third kappa shape index (κ3) is 6.38. The second-order valence-corrected chi connectivity index (χ2v) is 8.43. The molecule has 0 aromatic heterocycles. The monoisotopic (exact) mass is 448 g/mol. The summed E-state index contributed by atoms with van der Waals surface area (Å²) in [6.45, 7) is 1.85. The predicted molar refractivity (Wildman–Crippen MR) is 119 cm³/mol. The van der Waals surface area contributed by atoms with Crippen LogP contribution >= 0.6 is 23.2 Å². The highest BCUT2D eigenvalue weighted by molar-refractivity contribution is 6.30. The minimum atomic E-state index is -0.628. The van der Waals surface area contributed by atoms with Crippen LogP contribution in [0.4, 0.5) is 0 Å². The summed E-state index contributed by atoms with van der Waals surface area (Å²) >= 11 is 12.0. The Morgan fingerprint density at radius 3 is 2.47 bits per heavy atom. The average molecular weight is 449 g/mol. The van der Waals surface area contributed by atoms with Gasteiger partial charge >= 0.3 is 0 Å². The molecule has 0 aliphatic heterocycles. The number of hydrogen-bond acceptors (Lipinski definition) is 3. The van der Waals surface area contributed by atoms with Gasteiger partial charge in [-0.25, -0.2) is 0 Å². The second kappa shape index (κ2) is 10.7. The third-order valence-electron chi connectivity index (χ3n) is 5.29. The van der Waals surface area contributed by atoms with Crippen LogP contribution in [0.1, 0.15) is 38.2 Å². The molecule has 0 radical (unpaired) electrons. The fraction of sp³-hybridized carbons (Fsp3) is 0.391. The van der Waals surface area contributed by atoms with Crippen molar-refractivity contribution in [3.05, 3.63) is 64.1 Å². The van der Waals surface area contributed by atoms with Crippen LogP contribution in [0.25, 0.3) is 0 Å². The van der Waals surface area contributed by atoms with Crippen LogP contribution in [-0.4, -0.2) is 35.4 Å². The fourth-order valence-corrected chi connectivity index (χ4v) is 3.85. The number of carbonyl (C=O) groups is 2. The lowest BCUT2D eigenvalue weighted by Crippen LogP contribution is -2.50. The summed E-state index contributed by atoms with van der Waals surface area (Å²) < 4.78 is 5.62. The van der Waals surface area contributed by atoms with Crippen molar-refractivity contribution in [3.8, 4) is 5.75 Å². The van der Waals surface area contributed by atoms with Gasteiger partial charge in [0.05, 0.1) is 0 Å². The van der Waals surface area contributed by atoms with Crippen molar-refractivity contribution < 1.29 is 14.3 Å². The number of carbonyl (C=O) groups excluding carboxylic acids is 2. The third-order valence-corrected chi connectivity index (χ3v) is 5.78. The first-order valence-electron chi connectivity index (χ1n) is 10.1. The van der Waals surface area contributed by atoms with Crippen LogP contribution in [-0.2, 0) is 16.1 Å². The van der Waals surface area contributed by atoms with Crippen LogP contribution in [0, 0.1) is 0 Å². The van der Waals surface area contributed by atoms with Crippen molar-refractivity contribution in [2.75, 3.05) is 6.61 Å². The topological polar surface area (TPSA) is 58.6 Å². The van der Waals surface area contributed by atoms with E-state index < -0.39 is 6.04 Å². The van der Waals surface area contributed by atoms with Gasteiger partial charge in [-0.15, -0.1) is 0 Å². The number of hydrogen-bond donors (Lipinski definition) is 1. The van der Waals surface area contributed by atoms with Gasteiger partial charge in [0, 0.05) is 22.6 Å². The van der Waals surface area contributed by atoms with Gasteiger partial charge in [-0.2, -0.15) is 0 Å². The predicted octanol–water partition coefficient (Wildman–Crippen LogP) is 4.85. The number of nitrogens with zero attached hydrogens (tertiary/aromatic N) is 1. The van der Waals surface area contributed by atoms with Crippen LogP contribution in [0.5, 0.6) is 5.75 Å². The van der Waals surface area contributed by atoms with Crippen molar-refractivity contribution >= 4 is 35.0 Å². The quantitative estimate of drug-likeness (QED) is 0.627. The first kappa shape index (κ1) is 22.4. The lowest BCUT2D eigenvalue weighted by molar-refractivity contribution is -0.142. The van der Waals surface area contributed by atoms with Crippen molar-refractivity contribution in [1.82, 2.24) is 10.2 Å². The van der Waals surface area contributed by atoms with Gasteiger partial charge in [-0.05, 0) is 55.7 Å². The molecule has 30 heavy (non-hydrogen) atoms. The van der Waals surface area contributed by atoms with Crippen molar-refractivity contribution in [2.45, 2.75) is 51.2 Å². The zero-order chi connectivity index (χ0) is 21.5. The maximum Gasteiger partial charge on any atom is 0.261 e. The Morgan fingerprint density at radius 2 is 1.80 bits per heavy atom. The highest BCUT2D eigenvalue weighted by Gasteiger charge is 2.28. The molecule has 2 aromatic carbocycles. The molecule has 0 bridgehead atoms. The molecule has 2 aromatic rings. The number of nitrogens with one attached hydrogen (secondary N) is 1. The van der Waals surface area contributed by atoms with E-state index in [1.54, 1.807) is 43.3 Å². The van der Waals surface area contributed by atoms with Gasteiger partial charge in [0.1, 0.15) is 11.8 Å². The summed E-state index contributed by atoms with van der Waals surface area (Å²) in [4.78, 5) is 27.4. The molecule has 1 fully saturated rings. The van der Waals surface area contributed by atoms with Gasteiger partial charge in [-0.1, -0.05) is 54.2 Å². The van der Waals surface area contributed by atoms with Crippen LogP contribution in [0.2, 0.25) is 10.0 Å². The number of ether oxygens (including phenoxy) is 1. The van der Waals surface area contributed by atoms with Crippen LogP contribution in [0.15, 0.2) is 48.5 Å². The van der Waals surface area contributed by atoms with Gasteiger partial charge in [-0.3, -0.25) is 9.59 Å². The van der Waals surface area contributed by atoms with Gasteiger partial charge in [0.2, 0.25) is 5.91 Å². The van der Waals surface area contributed by atoms with Crippen molar-refractivity contribution in [3.63, 3.8) is 0 Å². The Labute approximate surface area is 187 Å². The molecule has 0 spiro atoms. The average Bonchev–Trinajstić information content (AvgIpc) is 3.24. The zero-order valence-corrected chi connectivity index (χ0v) is 18.5. The summed E-state index contributed by atoms with van der Waals surface area (Å²) in [5, 5.41) is 4.23. The molecule has 0 heterocycles. The Kier molecular flexibility index (Phi) is 8.00. The molecule has 160 valence electrons. The molecule has 7 heteroatoms. The molecule has 3 rings (SSSR count). The summed E-state index contributed by atoms with van der Waals surface area (Å²) in [6, 6.07) is 13.7. The molecule has 1 aliphatic rings. The standard InChI is InChI=1S/C23H26Cl2N2O3/c1-16(23(29)26-20-6-2-3-7-20)27(14-17-9-11-18(24)12-10-17)22(28)15-30-21-8-4-5-19(25)13-21/h4-5,8-13,16,20H,2-3,6-7,14-15H2,1H3,(H,26,29)/t16-/m1/s1. The van der Waals surface area contributed by atoms with Crippen LogP contribution < -0.4 is 10.1 Å². The molecule has 0 unspecified atom stereocenters. The minimum absolute atomic E-state index is 0.146. The van der Waals surface area contributed by atoms with E-state index in [1.165, 1.54) is 4.90 Å². The fourth-order valence-electron chi connectivity index (χ4n) is 3.55. The molecule has 5 nitrogen and oxygen atoms in total. The van der Waals surface area contributed by atoms with E-state index in [-0.39, 0.29) is 31.0 Å². The summed E-state index contributed by atoms with van der Waals surface area (Å²) in [5.74, 6) is 0.0799. The Morgan fingerprint density at radius 1 is 1.10 bits per heavy atom. The first-order chi connectivity index (χ1) is 14.4. The van der Waals surface area contributed by atoms with Crippen LogP contribution in [0.3, 0.4) is 0 Å². The lowest BCUT2D eigenvalue weighted by Gasteiger charge is -2.29. The van der Waals surface area contributed by atoms with E-state index in [0.29, 0.717) is 15.8 Å². The maximum atomic E-state index is 13.0. The highest BCUT2D eigenvalue weighted by atomic mass is 35.5.